The van der Waals surface area contributed by atoms with E-state index in [1.807, 2.05) is 0 Å². The Morgan fingerprint density at radius 3 is 2.50 bits per heavy atom. The molecule has 0 aliphatic carbocycles. The van der Waals surface area contributed by atoms with E-state index in [9.17, 15) is 9.59 Å². The second-order valence-corrected chi connectivity index (χ2v) is 4.45. The van der Waals surface area contributed by atoms with Crippen LogP contribution in [-0.2, 0) is 9.53 Å². The number of esters is 1. The molecule has 0 saturated carbocycles. The lowest BCUT2D eigenvalue weighted by Crippen LogP contribution is -2.35. The molecule has 5 nitrogen and oxygen atoms in total. The van der Waals surface area contributed by atoms with E-state index in [1.165, 1.54) is 30.0 Å². The molecule has 1 aromatic carbocycles. The van der Waals surface area contributed by atoms with E-state index in [4.69, 9.17) is 22.1 Å². The Labute approximate surface area is 110 Å². The number of carbonyl (C=O) groups is 2. The predicted octanol–water partition coefficient (Wildman–Crippen LogP) is 1.56. The largest absolute Gasteiger partial charge is 0.449 e. The minimum Gasteiger partial charge on any atom is -0.449 e. The van der Waals surface area contributed by atoms with Crippen molar-refractivity contribution in [2.75, 3.05) is 19.8 Å². The van der Waals surface area contributed by atoms with Crippen molar-refractivity contribution >= 4 is 29.2 Å². The van der Waals surface area contributed by atoms with Gasteiger partial charge in [0.05, 0.1) is 5.56 Å². The predicted molar refractivity (Wildman–Crippen MR) is 69.4 cm³/mol. The molecule has 0 heterocycles. The van der Waals surface area contributed by atoms with E-state index in [-0.39, 0.29) is 17.2 Å². The van der Waals surface area contributed by atoms with Crippen molar-refractivity contribution in [3.8, 4) is 0 Å². The molecule has 0 aliphatic rings. The van der Waals surface area contributed by atoms with Crippen LogP contribution in [0.2, 0.25) is 5.02 Å². The maximum atomic E-state index is 11.8. The van der Waals surface area contributed by atoms with Gasteiger partial charge in [-0.2, -0.15) is 0 Å². The number of benzene rings is 1. The minimum atomic E-state index is -0.859. The van der Waals surface area contributed by atoms with E-state index in [1.54, 1.807) is 14.1 Å². The first-order valence-electron chi connectivity index (χ1n) is 5.30. The summed E-state index contributed by atoms with van der Waals surface area (Å²) >= 11 is 5.73. The van der Waals surface area contributed by atoms with Gasteiger partial charge in [-0.05, 0) is 25.1 Å². The number of amides is 1. The van der Waals surface area contributed by atoms with Crippen LogP contribution in [-0.4, -0.2) is 37.0 Å². The van der Waals surface area contributed by atoms with Gasteiger partial charge in [0.15, 0.2) is 6.10 Å². The van der Waals surface area contributed by atoms with Gasteiger partial charge in [-0.1, -0.05) is 11.6 Å². The Balaban J connectivity index is 2.80. The topological polar surface area (TPSA) is 72.6 Å². The van der Waals surface area contributed by atoms with E-state index in [0.29, 0.717) is 5.02 Å². The van der Waals surface area contributed by atoms with Crippen LogP contribution >= 0.6 is 11.6 Å². The lowest BCUT2D eigenvalue weighted by atomic mass is 10.2. The Bertz CT molecular complexity index is 474. The third-order valence-corrected chi connectivity index (χ3v) is 2.54. The molecule has 1 aromatic rings. The van der Waals surface area contributed by atoms with Crippen LogP contribution in [0.3, 0.4) is 0 Å². The number of carbonyl (C=O) groups excluding carboxylic acids is 2. The molecule has 0 fully saturated rings. The molecule has 6 heteroatoms. The molecule has 0 radical (unpaired) electrons. The first-order valence-corrected chi connectivity index (χ1v) is 5.68. The zero-order valence-electron chi connectivity index (χ0n) is 10.4. The molecule has 1 rings (SSSR count). The lowest BCUT2D eigenvalue weighted by Gasteiger charge is -2.17. The van der Waals surface area contributed by atoms with Crippen LogP contribution in [0.5, 0.6) is 0 Å². The Hall–Kier alpha value is -1.75. The van der Waals surface area contributed by atoms with E-state index in [2.05, 4.69) is 0 Å². The molecule has 0 spiro atoms. The first-order chi connectivity index (χ1) is 8.32. The molecule has 0 bridgehead atoms. The Kier molecular flexibility index (Phi) is 4.55. The number of halogens is 1. The molecule has 18 heavy (non-hydrogen) atoms. The van der Waals surface area contributed by atoms with Crippen LogP contribution in [0.1, 0.15) is 17.3 Å². The van der Waals surface area contributed by atoms with Crippen LogP contribution < -0.4 is 5.73 Å². The van der Waals surface area contributed by atoms with Crippen molar-refractivity contribution in [1.82, 2.24) is 4.90 Å². The number of likely N-dealkylation sites (N-methyl/N-ethyl adjacent to an activating group) is 1. The zero-order chi connectivity index (χ0) is 13.9. The number of rotatable bonds is 3. The van der Waals surface area contributed by atoms with E-state index in [0.717, 1.165) is 0 Å². The summed E-state index contributed by atoms with van der Waals surface area (Å²) in [6, 6.07) is 4.45. The number of hydrogen-bond acceptors (Lipinski definition) is 4. The molecule has 2 N–H and O–H groups in total. The quantitative estimate of drug-likeness (QED) is 0.668. The van der Waals surface area contributed by atoms with Crippen LogP contribution in [0, 0.1) is 0 Å². The number of nitrogen functional groups attached to an aromatic ring is 1. The van der Waals surface area contributed by atoms with Gasteiger partial charge in [-0.15, -0.1) is 0 Å². The normalized spacial score (nSPS) is 11.8. The van der Waals surface area contributed by atoms with Crippen molar-refractivity contribution in [1.29, 1.82) is 0 Å². The molecule has 98 valence electrons. The van der Waals surface area contributed by atoms with Crippen LogP contribution in [0.25, 0.3) is 0 Å². The van der Waals surface area contributed by atoms with Gasteiger partial charge in [0.25, 0.3) is 5.91 Å². The molecule has 1 atom stereocenters. The summed E-state index contributed by atoms with van der Waals surface area (Å²) in [7, 11) is 3.17. The highest BCUT2D eigenvalue weighted by molar-refractivity contribution is 6.31. The molecule has 0 aromatic heterocycles. The molecule has 0 unspecified atom stereocenters. The minimum absolute atomic E-state index is 0.192. The van der Waals surface area contributed by atoms with Gasteiger partial charge in [-0.3, -0.25) is 4.79 Å². The van der Waals surface area contributed by atoms with Gasteiger partial charge in [-0.25, -0.2) is 4.79 Å². The monoisotopic (exact) mass is 270 g/mol. The van der Waals surface area contributed by atoms with Crippen molar-refractivity contribution in [2.45, 2.75) is 13.0 Å². The van der Waals surface area contributed by atoms with E-state index < -0.39 is 12.1 Å². The maximum absolute atomic E-state index is 11.8. The molecule has 0 saturated heterocycles. The Morgan fingerprint density at radius 1 is 1.39 bits per heavy atom. The fraction of sp³-hybridized carbons (Fsp3) is 0.333. The van der Waals surface area contributed by atoms with Gasteiger partial charge in [0.1, 0.15) is 0 Å². The SMILES string of the molecule is C[C@H](OC(=O)c1ccc(Cl)cc1N)C(=O)N(C)C. The second-order valence-electron chi connectivity index (χ2n) is 4.01. The summed E-state index contributed by atoms with van der Waals surface area (Å²) in [6.07, 6.45) is -0.859. The highest BCUT2D eigenvalue weighted by Crippen LogP contribution is 2.19. The lowest BCUT2D eigenvalue weighted by molar-refractivity contribution is -0.137. The van der Waals surface area contributed by atoms with Gasteiger partial charge in [0.2, 0.25) is 0 Å². The first kappa shape index (κ1) is 14.3. The third kappa shape index (κ3) is 3.37. The van der Waals surface area contributed by atoms with Gasteiger partial charge in [0, 0.05) is 24.8 Å². The fourth-order valence-electron chi connectivity index (χ4n) is 1.36. The summed E-state index contributed by atoms with van der Waals surface area (Å²) in [6.45, 7) is 1.51. The van der Waals surface area contributed by atoms with Crippen molar-refractivity contribution in [2.24, 2.45) is 0 Å². The highest BCUT2D eigenvalue weighted by atomic mass is 35.5. The standard InChI is InChI=1S/C12H15ClN2O3/c1-7(11(16)15(2)3)18-12(17)9-5-4-8(13)6-10(9)14/h4-7H,14H2,1-3H3/t7-/m0/s1. The number of nitrogens with zero attached hydrogens (tertiary/aromatic N) is 1. The molecule has 1 amide bonds. The van der Waals surface area contributed by atoms with Crippen molar-refractivity contribution in [3.05, 3.63) is 28.8 Å². The van der Waals surface area contributed by atoms with Gasteiger partial charge < -0.3 is 15.4 Å². The number of nitrogens with two attached hydrogens (primary N) is 1. The number of ether oxygens (including phenoxy) is 1. The summed E-state index contributed by atoms with van der Waals surface area (Å²) in [5, 5.41) is 0.432. The highest BCUT2D eigenvalue weighted by Gasteiger charge is 2.21. The molecular formula is C12H15ClN2O3. The average Bonchev–Trinajstić information content (AvgIpc) is 2.27. The average molecular weight is 271 g/mol. The van der Waals surface area contributed by atoms with Crippen molar-refractivity contribution in [3.63, 3.8) is 0 Å². The summed E-state index contributed by atoms with van der Waals surface area (Å²) in [4.78, 5) is 24.7. The molecular weight excluding hydrogens is 256 g/mol. The Morgan fingerprint density at radius 2 is 2.00 bits per heavy atom. The number of anilines is 1. The smallest absolute Gasteiger partial charge is 0.341 e. The van der Waals surface area contributed by atoms with Gasteiger partial charge >= 0.3 is 5.97 Å². The summed E-state index contributed by atoms with van der Waals surface area (Å²) in [5.41, 5.74) is 6.07. The second kappa shape index (κ2) is 5.73. The number of hydrogen-bond donors (Lipinski definition) is 1. The van der Waals surface area contributed by atoms with Crippen molar-refractivity contribution < 1.29 is 14.3 Å². The van der Waals surface area contributed by atoms with Crippen LogP contribution in [0.4, 0.5) is 5.69 Å². The summed E-state index contributed by atoms with van der Waals surface area (Å²) < 4.78 is 5.03. The molecule has 0 aliphatic heterocycles. The maximum Gasteiger partial charge on any atom is 0.341 e. The van der Waals surface area contributed by atoms with E-state index >= 15 is 0 Å². The van der Waals surface area contributed by atoms with Crippen LogP contribution in [0.15, 0.2) is 18.2 Å². The zero-order valence-corrected chi connectivity index (χ0v) is 11.2. The third-order valence-electron chi connectivity index (χ3n) is 2.31. The summed E-state index contributed by atoms with van der Waals surface area (Å²) in [5.74, 6) is -0.942. The fourth-order valence-corrected chi connectivity index (χ4v) is 1.54.